The molecule has 1 aliphatic rings. The van der Waals surface area contributed by atoms with Crippen molar-refractivity contribution in [2.45, 2.75) is 18.9 Å². The van der Waals surface area contributed by atoms with Crippen LogP contribution in [0, 0.1) is 0 Å². The Labute approximate surface area is 116 Å². The third kappa shape index (κ3) is 2.13. The predicted molar refractivity (Wildman–Crippen MR) is 73.3 cm³/mol. The minimum Gasteiger partial charge on any atom is -0.330 e. The van der Waals surface area contributed by atoms with Crippen LogP contribution in [0.1, 0.15) is 34.9 Å². The number of amides is 1. The van der Waals surface area contributed by atoms with Gasteiger partial charge < -0.3 is 4.90 Å². The summed E-state index contributed by atoms with van der Waals surface area (Å²) in [5.74, 6) is -0.131. The Morgan fingerprint density at radius 1 is 1.50 bits per heavy atom. The van der Waals surface area contributed by atoms with Crippen LogP contribution >= 0.6 is 0 Å². The Balaban J connectivity index is 1.89. The number of likely N-dealkylation sites (tertiary alicyclic amines) is 1. The maximum absolute atomic E-state index is 12.5. The van der Waals surface area contributed by atoms with Crippen LogP contribution < -0.4 is 5.56 Å². The molecule has 3 rings (SSSR count). The molecule has 1 fully saturated rings. The van der Waals surface area contributed by atoms with E-state index in [1.54, 1.807) is 19.4 Å². The van der Waals surface area contributed by atoms with Crippen LogP contribution in [0.5, 0.6) is 0 Å². The van der Waals surface area contributed by atoms with E-state index in [1.807, 2.05) is 17.0 Å². The van der Waals surface area contributed by atoms with Crippen molar-refractivity contribution in [3.63, 3.8) is 0 Å². The predicted octanol–water partition coefficient (Wildman–Crippen LogP) is 1.09. The monoisotopic (exact) mass is 272 g/mol. The van der Waals surface area contributed by atoms with E-state index in [9.17, 15) is 9.59 Å². The van der Waals surface area contributed by atoms with Crippen molar-refractivity contribution in [2.24, 2.45) is 7.05 Å². The van der Waals surface area contributed by atoms with Crippen molar-refractivity contribution >= 4 is 5.91 Å². The lowest BCUT2D eigenvalue weighted by molar-refractivity contribution is 0.0728. The largest absolute Gasteiger partial charge is 0.330 e. The molecule has 1 N–H and O–H groups in total. The minimum atomic E-state index is -0.203. The second kappa shape index (κ2) is 4.96. The van der Waals surface area contributed by atoms with E-state index < -0.39 is 0 Å². The maximum Gasteiger partial charge on any atom is 0.272 e. The number of H-pyrrole nitrogens is 1. The van der Waals surface area contributed by atoms with Crippen LogP contribution in [-0.4, -0.2) is 32.1 Å². The molecule has 0 spiro atoms. The molecule has 6 heteroatoms. The van der Waals surface area contributed by atoms with E-state index >= 15 is 0 Å². The molecule has 0 radical (unpaired) electrons. The van der Waals surface area contributed by atoms with E-state index in [2.05, 4.69) is 10.1 Å². The lowest BCUT2D eigenvalue weighted by atomic mass is 10.1. The van der Waals surface area contributed by atoms with Crippen molar-refractivity contribution < 1.29 is 4.79 Å². The van der Waals surface area contributed by atoms with Gasteiger partial charge in [-0.25, -0.2) is 0 Å². The van der Waals surface area contributed by atoms with E-state index in [4.69, 9.17) is 0 Å². The SMILES string of the molecule is Cn1[nH]c(C(=O)N2CCCC2c2cccnc2)cc1=O. The zero-order valence-electron chi connectivity index (χ0n) is 11.2. The smallest absolute Gasteiger partial charge is 0.272 e. The fraction of sp³-hybridized carbons (Fsp3) is 0.357. The summed E-state index contributed by atoms with van der Waals surface area (Å²) in [6, 6.07) is 5.25. The lowest BCUT2D eigenvalue weighted by Gasteiger charge is -2.24. The van der Waals surface area contributed by atoms with Crippen LogP contribution in [0.4, 0.5) is 0 Å². The number of nitrogens with one attached hydrogen (secondary N) is 1. The van der Waals surface area contributed by atoms with Gasteiger partial charge in [0.25, 0.3) is 11.5 Å². The average molecular weight is 272 g/mol. The molecule has 1 atom stereocenters. The molecule has 0 aromatic carbocycles. The molecule has 0 bridgehead atoms. The third-order valence-corrected chi connectivity index (χ3v) is 3.70. The number of hydrogen-bond acceptors (Lipinski definition) is 3. The molecule has 2 aromatic heterocycles. The summed E-state index contributed by atoms with van der Waals surface area (Å²) in [5, 5.41) is 2.79. The van der Waals surface area contributed by atoms with E-state index in [1.165, 1.54) is 10.7 Å². The first kappa shape index (κ1) is 12.7. The standard InChI is InChI=1S/C14H16N4O2/c1-17-13(19)8-11(16-17)14(20)18-7-3-5-12(18)10-4-2-6-15-9-10/h2,4,6,8-9,12,16H,3,5,7H2,1H3. The second-order valence-corrected chi connectivity index (χ2v) is 5.01. The van der Waals surface area contributed by atoms with Crippen molar-refractivity contribution in [3.05, 3.63) is 52.2 Å². The number of aryl methyl sites for hydroxylation is 1. The molecule has 6 nitrogen and oxygen atoms in total. The van der Waals surface area contributed by atoms with Gasteiger partial charge >= 0.3 is 0 Å². The molecule has 1 unspecified atom stereocenters. The third-order valence-electron chi connectivity index (χ3n) is 3.70. The van der Waals surface area contributed by atoms with Gasteiger partial charge in [0.1, 0.15) is 5.69 Å². The molecule has 20 heavy (non-hydrogen) atoms. The summed E-state index contributed by atoms with van der Waals surface area (Å²) in [4.78, 5) is 29.9. The number of rotatable bonds is 2. The number of pyridine rings is 1. The molecule has 0 saturated carbocycles. The molecule has 0 aliphatic carbocycles. The summed E-state index contributed by atoms with van der Waals surface area (Å²) in [6.07, 6.45) is 5.40. The van der Waals surface area contributed by atoms with E-state index in [0.717, 1.165) is 18.4 Å². The first-order valence-corrected chi connectivity index (χ1v) is 6.64. The molecule has 1 aliphatic heterocycles. The Hall–Kier alpha value is -2.37. The lowest BCUT2D eigenvalue weighted by Crippen LogP contribution is -2.31. The Bertz CT molecular complexity index is 674. The van der Waals surface area contributed by atoms with Crippen molar-refractivity contribution in [3.8, 4) is 0 Å². The highest BCUT2D eigenvalue weighted by atomic mass is 16.2. The summed E-state index contributed by atoms with van der Waals surface area (Å²) < 4.78 is 1.31. The zero-order valence-corrected chi connectivity index (χ0v) is 11.2. The quantitative estimate of drug-likeness (QED) is 0.889. The van der Waals surface area contributed by atoms with Gasteiger partial charge in [0.05, 0.1) is 6.04 Å². The van der Waals surface area contributed by atoms with E-state index in [0.29, 0.717) is 12.2 Å². The number of carbonyl (C=O) groups excluding carboxylic acids is 1. The Morgan fingerprint density at radius 2 is 2.35 bits per heavy atom. The number of aromatic nitrogens is 3. The van der Waals surface area contributed by atoms with Gasteiger partial charge in [0, 0.05) is 32.1 Å². The topological polar surface area (TPSA) is 71.0 Å². The van der Waals surface area contributed by atoms with Gasteiger partial charge in [-0.05, 0) is 24.5 Å². The number of hydrogen-bond donors (Lipinski definition) is 1. The normalized spacial score (nSPS) is 18.4. The highest BCUT2D eigenvalue weighted by molar-refractivity contribution is 5.92. The summed E-state index contributed by atoms with van der Waals surface area (Å²) >= 11 is 0. The molecular weight excluding hydrogens is 256 g/mol. The maximum atomic E-state index is 12.5. The van der Waals surface area contributed by atoms with Crippen molar-refractivity contribution in [2.75, 3.05) is 6.54 Å². The van der Waals surface area contributed by atoms with Crippen molar-refractivity contribution in [1.29, 1.82) is 0 Å². The molecule has 3 heterocycles. The molecular formula is C14H16N4O2. The van der Waals surface area contributed by atoms with Crippen LogP contribution in [0.25, 0.3) is 0 Å². The number of aromatic amines is 1. The first-order valence-electron chi connectivity index (χ1n) is 6.64. The van der Waals surface area contributed by atoms with E-state index in [-0.39, 0.29) is 17.5 Å². The van der Waals surface area contributed by atoms with Crippen LogP contribution in [0.3, 0.4) is 0 Å². The van der Waals surface area contributed by atoms with Gasteiger partial charge in [0.15, 0.2) is 0 Å². The first-order chi connectivity index (χ1) is 9.66. The number of nitrogens with zero attached hydrogens (tertiary/aromatic N) is 3. The molecule has 104 valence electrons. The molecule has 1 saturated heterocycles. The average Bonchev–Trinajstić information content (AvgIpc) is 3.07. The number of carbonyl (C=O) groups is 1. The van der Waals surface area contributed by atoms with Gasteiger partial charge in [-0.3, -0.25) is 24.4 Å². The summed E-state index contributed by atoms with van der Waals surface area (Å²) in [5.41, 5.74) is 1.18. The molecule has 2 aromatic rings. The van der Waals surface area contributed by atoms with Crippen LogP contribution in [0.2, 0.25) is 0 Å². The minimum absolute atomic E-state index is 0.0416. The molecule has 1 amide bonds. The van der Waals surface area contributed by atoms with Gasteiger partial charge in [-0.2, -0.15) is 0 Å². The highest BCUT2D eigenvalue weighted by Gasteiger charge is 2.31. The van der Waals surface area contributed by atoms with Gasteiger partial charge in [-0.1, -0.05) is 6.07 Å². The summed E-state index contributed by atoms with van der Waals surface area (Å²) in [7, 11) is 1.60. The Kier molecular flexibility index (Phi) is 3.14. The zero-order chi connectivity index (χ0) is 14.1. The fourth-order valence-corrected chi connectivity index (χ4v) is 2.68. The fourth-order valence-electron chi connectivity index (χ4n) is 2.68. The summed E-state index contributed by atoms with van der Waals surface area (Å²) in [6.45, 7) is 0.704. The van der Waals surface area contributed by atoms with Gasteiger partial charge in [0.2, 0.25) is 0 Å². The van der Waals surface area contributed by atoms with Crippen molar-refractivity contribution in [1.82, 2.24) is 19.7 Å². The van der Waals surface area contributed by atoms with Crippen LogP contribution in [0.15, 0.2) is 35.4 Å². The second-order valence-electron chi connectivity index (χ2n) is 5.01. The Morgan fingerprint density at radius 3 is 3.00 bits per heavy atom. The van der Waals surface area contributed by atoms with Gasteiger partial charge in [-0.15, -0.1) is 0 Å². The highest BCUT2D eigenvalue weighted by Crippen LogP contribution is 2.32. The van der Waals surface area contributed by atoms with Crippen LogP contribution in [-0.2, 0) is 7.05 Å².